The average molecular weight is 265 g/mol. The van der Waals surface area contributed by atoms with E-state index in [0.717, 1.165) is 4.90 Å². The molecule has 0 saturated carbocycles. The molecular weight excluding hydrogens is 250 g/mol. The maximum Gasteiger partial charge on any atom is 0.339 e. The summed E-state index contributed by atoms with van der Waals surface area (Å²) in [5.74, 6) is -0.926. The molecule has 1 aromatic heterocycles. The number of amides is 2. The number of hydrogen-bond donors (Lipinski definition) is 1. The normalized spacial score (nSPS) is 17.1. The van der Waals surface area contributed by atoms with Gasteiger partial charge in [0.1, 0.15) is 17.1 Å². The van der Waals surface area contributed by atoms with Crippen molar-refractivity contribution in [2.24, 2.45) is 5.92 Å². The Kier molecular flexibility index (Phi) is 3.42. The lowest BCUT2D eigenvalue weighted by Crippen LogP contribution is -2.42. The molecule has 1 aliphatic heterocycles. The highest BCUT2D eigenvalue weighted by Crippen LogP contribution is 2.22. The minimum Gasteiger partial charge on any atom is -0.478 e. The van der Waals surface area contributed by atoms with E-state index in [0.29, 0.717) is 18.6 Å². The lowest BCUT2D eigenvalue weighted by atomic mass is 9.98. The smallest absolute Gasteiger partial charge is 0.339 e. The first kappa shape index (κ1) is 13.3. The molecule has 6 nitrogen and oxygen atoms in total. The second kappa shape index (κ2) is 4.87. The van der Waals surface area contributed by atoms with Gasteiger partial charge in [-0.1, -0.05) is 6.92 Å². The molecule has 1 N–H and O–H groups in total. The van der Waals surface area contributed by atoms with Crippen LogP contribution < -0.4 is 0 Å². The molecule has 1 fully saturated rings. The highest BCUT2D eigenvalue weighted by Gasteiger charge is 2.31. The Balaban J connectivity index is 2.17. The van der Waals surface area contributed by atoms with Crippen molar-refractivity contribution in [1.82, 2.24) is 4.90 Å². The lowest BCUT2D eigenvalue weighted by molar-refractivity contribution is -0.150. The van der Waals surface area contributed by atoms with Crippen molar-refractivity contribution in [2.45, 2.75) is 33.2 Å². The summed E-state index contributed by atoms with van der Waals surface area (Å²) < 4.78 is 5.28. The number of carbonyl (C=O) groups excluding carboxylic acids is 2. The van der Waals surface area contributed by atoms with Crippen LogP contribution in [0.2, 0.25) is 0 Å². The Morgan fingerprint density at radius 1 is 1.42 bits per heavy atom. The number of carboxylic acids is 1. The third-order valence-electron chi connectivity index (χ3n) is 3.16. The number of aromatic carboxylic acids is 1. The molecule has 0 bridgehead atoms. The molecule has 2 heterocycles. The van der Waals surface area contributed by atoms with E-state index in [1.807, 2.05) is 6.92 Å². The predicted octanol–water partition coefficient (Wildman–Crippen LogP) is 1.57. The summed E-state index contributed by atoms with van der Waals surface area (Å²) in [6.45, 7) is 3.39. The Hall–Kier alpha value is -2.11. The zero-order chi connectivity index (χ0) is 14.2. The summed E-state index contributed by atoms with van der Waals surface area (Å²) in [7, 11) is 0. The molecule has 6 heteroatoms. The van der Waals surface area contributed by atoms with Crippen molar-refractivity contribution in [1.29, 1.82) is 0 Å². The zero-order valence-corrected chi connectivity index (χ0v) is 10.8. The molecular formula is C13H15NO5. The molecule has 0 unspecified atom stereocenters. The van der Waals surface area contributed by atoms with E-state index in [2.05, 4.69) is 0 Å². The van der Waals surface area contributed by atoms with Gasteiger partial charge in [-0.15, -0.1) is 0 Å². The second-order valence-corrected chi connectivity index (χ2v) is 4.87. The third-order valence-corrected chi connectivity index (χ3v) is 3.16. The first-order chi connectivity index (χ1) is 8.88. The molecule has 0 aromatic carbocycles. The number of aryl methyl sites for hydroxylation is 1. The zero-order valence-electron chi connectivity index (χ0n) is 10.8. The van der Waals surface area contributed by atoms with E-state index in [1.54, 1.807) is 0 Å². The summed E-state index contributed by atoms with van der Waals surface area (Å²) in [4.78, 5) is 35.6. The van der Waals surface area contributed by atoms with Crippen LogP contribution in [0.3, 0.4) is 0 Å². The van der Waals surface area contributed by atoms with Gasteiger partial charge in [0, 0.05) is 12.8 Å². The van der Waals surface area contributed by atoms with E-state index in [1.165, 1.54) is 13.0 Å². The molecule has 1 aromatic rings. The van der Waals surface area contributed by atoms with Gasteiger partial charge in [0.25, 0.3) is 0 Å². The summed E-state index contributed by atoms with van der Waals surface area (Å²) in [5, 5.41) is 8.92. The Labute approximate surface area is 110 Å². The third kappa shape index (κ3) is 2.67. The van der Waals surface area contributed by atoms with E-state index in [4.69, 9.17) is 9.52 Å². The summed E-state index contributed by atoms with van der Waals surface area (Å²) in [6.07, 6.45) is 0.661. The number of carboxylic acid groups (broad SMARTS) is 1. The first-order valence-electron chi connectivity index (χ1n) is 6.04. The van der Waals surface area contributed by atoms with Gasteiger partial charge >= 0.3 is 5.97 Å². The number of likely N-dealkylation sites (tertiary alicyclic amines) is 1. The van der Waals surface area contributed by atoms with Crippen LogP contribution in [0.25, 0.3) is 0 Å². The second-order valence-electron chi connectivity index (χ2n) is 4.87. The van der Waals surface area contributed by atoms with Crippen molar-refractivity contribution in [3.05, 3.63) is 23.2 Å². The van der Waals surface area contributed by atoms with Crippen LogP contribution in [0.15, 0.2) is 10.5 Å². The van der Waals surface area contributed by atoms with Crippen molar-refractivity contribution in [2.75, 3.05) is 0 Å². The molecule has 102 valence electrons. The highest BCUT2D eigenvalue weighted by molar-refractivity contribution is 5.97. The molecule has 0 spiro atoms. The van der Waals surface area contributed by atoms with Gasteiger partial charge in [-0.05, 0) is 18.9 Å². The lowest BCUT2D eigenvalue weighted by Gasteiger charge is -2.27. The number of furan rings is 1. The Morgan fingerprint density at radius 3 is 2.47 bits per heavy atom. The van der Waals surface area contributed by atoms with Crippen LogP contribution in [0.4, 0.5) is 0 Å². The van der Waals surface area contributed by atoms with Crippen molar-refractivity contribution < 1.29 is 23.9 Å². The van der Waals surface area contributed by atoms with Gasteiger partial charge in [0.15, 0.2) is 0 Å². The van der Waals surface area contributed by atoms with Crippen LogP contribution in [0, 0.1) is 12.8 Å². The van der Waals surface area contributed by atoms with Crippen molar-refractivity contribution in [3.63, 3.8) is 0 Å². The van der Waals surface area contributed by atoms with E-state index in [9.17, 15) is 14.4 Å². The van der Waals surface area contributed by atoms with Crippen LogP contribution >= 0.6 is 0 Å². The fourth-order valence-electron chi connectivity index (χ4n) is 2.19. The first-order valence-corrected chi connectivity index (χ1v) is 6.04. The predicted molar refractivity (Wildman–Crippen MR) is 64.4 cm³/mol. The molecule has 2 amide bonds. The van der Waals surface area contributed by atoms with Crippen LogP contribution in [0.5, 0.6) is 0 Å². The molecule has 0 radical (unpaired) electrons. The fourth-order valence-corrected chi connectivity index (χ4v) is 2.19. The number of hydrogen-bond acceptors (Lipinski definition) is 4. The molecule has 1 aliphatic rings. The van der Waals surface area contributed by atoms with Crippen molar-refractivity contribution >= 4 is 17.8 Å². The minimum absolute atomic E-state index is 0.00148. The van der Waals surface area contributed by atoms with E-state index >= 15 is 0 Å². The monoisotopic (exact) mass is 265 g/mol. The standard InChI is InChI=1S/C13H15NO5/c1-7-3-11(15)14(12(16)4-7)6-9-5-10(13(17)18)8(2)19-9/h5,7H,3-4,6H2,1-2H3,(H,17,18). The topological polar surface area (TPSA) is 87.8 Å². The van der Waals surface area contributed by atoms with Gasteiger partial charge < -0.3 is 9.52 Å². The van der Waals surface area contributed by atoms with Gasteiger partial charge in [0.05, 0.1) is 6.54 Å². The van der Waals surface area contributed by atoms with E-state index < -0.39 is 5.97 Å². The van der Waals surface area contributed by atoms with Crippen molar-refractivity contribution in [3.8, 4) is 0 Å². The fraction of sp³-hybridized carbons (Fsp3) is 0.462. The van der Waals surface area contributed by atoms with Gasteiger partial charge in [-0.2, -0.15) is 0 Å². The number of piperidine rings is 1. The molecule has 0 aliphatic carbocycles. The van der Waals surface area contributed by atoms with Crippen LogP contribution in [0.1, 0.15) is 41.6 Å². The van der Waals surface area contributed by atoms with Crippen LogP contribution in [-0.2, 0) is 16.1 Å². The van der Waals surface area contributed by atoms with Gasteiger partial charge in [0.2, 0.25) is 11.8 Å². The quantitative estimate of drug-likeness (QED) is 0.838. The van der Waals surface area contributed by atoms with Crippen LogP contribution in [-0.4, -0.2) is 27.8 Å². The number of carbonyl (C=O) groups is 3. The minimum atomic E-state index is -1.09. The van der Waals surface area contributed by atoms with E-state index in [-0.39, 0.29) is 35.6 Å². The average Bonchev–Trinajstić information content (AvgIpc) is 2.65. The molecule has 19 heavy (non-hydrogen) atoms. The molecule has 0 atom stereocenters. The summed E-state index contributed by atoms with van der Waals surface area (Å²) in [5.41, 5.74) is 0.0558. The van der Waals surface area contributed by atoms with Gasteiger partial charge in [-0.25, -0.2) is 4.79 Å². The molecule has 1 saturated heterocycles. The maximum atomic E-state index is 11.8. The highest BCUT2D eigenvalue weighted by atomic mass is 16.4. The summed E-state index contributed by atoms with van der Waals surface area (Å²) >= 11 is 0. The largest absolute Gasteiger partial charge is 0.478 e. The Bertz CT molecular complexity index is 527. The number of rotatable bonds is 3. The molecule has 2 rings (SSSR count). The summed E-state index contributed by atoms with van der Waals surface area (Å²) in [6, 6.07) is 1.36. The number of nitrogens with zero attached hydrogens (tertiary/aromatic N) is 1. The maximum absolute atomic E-state index is 11.8. The number of imide groups is 1. The Morgan fingerprint density at radius 2 is 2.00 bits per heavy atom. The SMILES string of the molecule is Cc1oc(CN2C(=O)CC(C)CC2=O)cc1C(=O)O. The van der Waals surface area contributed by atoms with Gasteiger partial charge in [-0.3, -0.25) is 14.5 Å².